The lowest BCUT2D eigenvalue weighted by Crippen LogP contribution is -2.36. The second kappa shape index (κ2) is 7.56. The first-order valence-electron chi connectivity index (χ1n) is 6.59. The topological polar surface area (TPSA) is 58.2 Å². The summed E-state index contributed by atoms with van der Waals surface area (Å²) in [5, 5.41) is 5.54. The van der Waals surface area contributed by atoms with E-state index in [0.29, 0.717) is 19.5 Å². The highest BCUT2D eigenvalue weighted by Gasteiger charge is 2.06. The van der Waals surface area contributed by atoms with Crippen molar-refractivity contribution >= 4 is 11.8 Å². The maximum atomic E-state index is 11.7. The molecular weight excluding hydrogens is 240 g/mol. The predicted molar refractivity (Wildman–Crippen MR) is 75.7 cm³/mol. The Labute approximate surface area is 114 Å². The number of benzene rings is 1. The molecule has 1 rings (SSSR count). The van der Waals surface area contributed by atoms with Crippen LogP contribution in [0.4, 0.5) is 0 Å². The van der Waals surface area contributed by atoms with Crippen LogP contribution in [-0.4, -0.2) is 24.9 Å². The van der Waals surface area contributed by atoms with Crippen molar-refractivity contribution in [3.63, 3.8) is 0 Å². The highest BCUT2D eigenvalue weighted by Crippen LogP contribution is 2.03. The molecule has 0 aliphatic rings. The molecule has 0 spiro atoms. The van der Waals surface area contributed by atoms with E-state index >= 15 is 0 Å². The predicted octanol–water partition coefficient (Wildman–Crippen LogP) is 1.43. The van der Waals surface area contributed by atoms with Crippen molar-refractivity contribution in [2.45, 2.75) is 27.2 Å². The van der Waals surface area contributed by atoms with Crippen LogP contribution >= 0.6 is 0 Å². The fraction of sp³-hybridized carbons (Fsp3) is 0.467. The van der Waals surface area contributed by atoms with Gasteiger partial charge in [-0.3, -0.25) is 9.59 Å². The molecule has 2 N–H and O–H groups in total. The van der Waals surface area contributed by atoms with E-state index in [0.717, 1.165) is 5.56 Å². The van der Waals surface area contributed by atoms with Crippen molar-refractivity contribution in [1.29, 1.82) is 0 Å². The molecule has 0 fully saturated rings. The maximum Gasteiger partial charge on any atom is 0.224 e. The quantitative estimate of drug-likeness (QED) is 0.762. The van der Waals surface area contributed by atoms with Gasteiger partial charge in [0.1, 0.15) is 0 Å². The molecular formula is C15H22N2O2. The molecule has 0 saturated heterocycles. The van der Waals surface area contributed by atoms with E-state index in [1.165, 1.54) is 5.56 Å². The minimum Gasteiger partial charge on any atom is -0.354 e. The molecule has 0 aliphatic carbocycles. The van der Waals surface area contributed by atoms with Gasteiger partial charge in [-0.1, -0.05) is 43.7 Å². The zero-order valence-corrected chi connectivity index (χ0v) is 11.8. The maximum absolute atomic E-state index is 11.7. The van der Waals surface area contributed by atoms with Crippen LogP contribution in [0, 0.1) is 12.8 Å². The third-order valence-electron chi connectivity index (χ3n) is 2.76. The van der Waals surface area contributed by atoms with E-state index in [1.807, 2.05) is 45.0 Å². The third-order valence-corrected chi connectivity index (χ3v) is 2.76. The lowest BCUT2D eigenvalue weighted by atomic mass is 10.1. The van der Waals surface area contributed by atoms with Gasteiger partial charge in [0.2, 0.25) is 11.8 Å². The summed E-state index contributed by atoms with van der Waals surface area (Å²) in [5.41, 5.74) is 2.18. The Balaban J connectivity index is 2.21. The first-order valence-corrected chi connectivity index (χ1v) is 6.59. The largest absolute Gasteiger partial charge is 0.354 e. The van der Waals surface area contributed by atoms with E-state index in [4.69, 9.17) is 0 Å². The summed E-state index contributed by atoms with van der Waals surface area (Å²) in [4.78, 5) is 22.9. The number of amides is 2. The van der Waals surface area contributed by atoms with Gasteiger partial charge >= 0.3 is 0 Å². The van der Waals surface area contributed by atoms with Crippen molar-refractivity contribution < 1.29 is 9.59 Å². The number of nitrogens with one attached hydrogen (secondary N) is 2. The first-order chi connectivity index (χ1) is 8.99. The molecule has 0 bridgehead atoms. The van der Waals surface area contributed by atoms with Crippen LogP contribution in [0.2, 0.25) is 0 Å². The SMILES string of the molecule is Cc1ccc(CC(=O)NCCNC(=O)C(C)C)cc1. The summed E-state index contributed by atoms with van der Waals surface area (Å²) >= 11 is 0. The van der Waals surface area contributed by atoms with Crippen molar-refractivity contribution in [3.8, 4) is 0 Å². The third kappa shape index (κ3) is 6.04. The van der Waals surface area contributed by atoms with Gasteiger partial charge < -0.3 is 10.6 Å². The molecule has 2 amide bonds. The first kappa shape index (κ1) is 15.2. The second-order valence-corrected chi connectivity index (χ2v) is 4.96. The van der Waals surface area contributed by atoms with E-state index in [9.17, 15) is 9.59 Å². The number of hydrogen-bond acceptors (Lipinski definition) is 2. The van der Waals surface area contributed by atoms with Gasteiger partial charge in [-0.25, -0.2) is 0 Å². The monoisotopic (exact) mass is 262 g/mol. The number of hydrogen-bond donors (Lipinski definition) is 2. The van der Waals surface area contributed by atoms with E-state index in [2.05, 4.69) is 10.6 Å². The van der Waals surface area contributed by atoms with Crippen LogP contribution in [0.5, 0.6) is 0 Å². The van der Waals surface area contributed by atoms with Crippen molar-refractivity contribution in [1.82, 2.24) is 10.6 Å². The molecule has 104 valence electrons. The van der Waals surface area contributed by atoms with Gasteiger partial charge in [0.15, 0.2) is 0 Å². The molecule has 0 aliphatic heterocycles. The van der Waals surface area contributed by atoms with Gasteiger partial charge in [0.25, 0.3) is 0 Å². The van der Waals surface area contributed by atoms with Crippen LogP contribution < -0.4 is 10.6 Å². The van der Waals surface area contributed by atoms with Crippen LogP contribution in [0.15, 0.2) is 24.3 Å². The van der Waals surface area contributed by atoms with Gasteiger partial charge in [-0.15, -0.1) is 0 Å². The molecule has 0 aromatic heterocycles. The summed E-state index contributed by atoms with van der Waals surface area (Å²) < 4.78 is 0. The molecule has 4 heteroatoms. The van der Waals surface area contributed by atoms with Gasteiger partial charge in [-0.05, 0) is 12.5 Å². The summed E-state index contributed by atoms with van der Waals surface area (Å²) in [6.07, 6.45) is 0.373. The van der Waals surface area contributed by atoms with Crippen LogP contribution in [0.25, 0.3) is 0 Å². The molecule has 19 heavy (non-hydrogen) atoms. The number of aryl methyl sites for hydroxylation is 1. The lowest BCUT2D eigenvalue weighted by molar-refractivity contribution is -0.124. The molecule has 0 saturated carbocycles. The van der Waals surface area contributed by atoms with Crippen molar-refractivity contribution in [3.05, 3.63) is 35.4 Å². The Bertz CT molecular complexity index is 424. The molecule has 1 aromatic carbocycles. The summed E-state index contributed by atoms with van der Waals surface area (Å²) in [6, 6.07) is 7.89. The van der Waals surface area contributed by atoms with Crippen LogP contribution in [0.1, 0.15) is 25.0 Å². The number of carbonyl (C=O) groups is 2. The highest BCUT2D eigenvalue weighted by molar-refractivity contribution is 5.79. The van der Waals surface area contributed by atoms with Crippen molar-refractivity contribution in [2.24, 2.45) is 5.92 Å². The Kier molecular flexibility index (Phi) is 6.06. The van der Waals surface area contributed by atoms with Crippen molar-refractivity contribution in [2.75, 3.05) is 13.1 Å². The normalized spacial score (nSPS) is 10.3. The molecule has 1 aromatic rings. The smallest absolute Gasteiger partial charge is 0.224 e. The van der Waals surface area contributed by atoms with Gasteiger partial charge in [0, 0.05) is 19.0 Å². The zero-order valence-electron chi connectivity index (χ0n) is 11.8. The summed E-state index contributed by atoms with van der Waals surface area (Å²) in [7, 11) is 0. The molecule has 0 radical (unpaired) electrons. The highest BCUT2D eigenvalue weighted by atomic mass is 16.2. The number of carbonyl (C=O) groups excluding carboxylic acids is 2. The van der Waals surface area contributed by atoms with E-state index in [1.54, 1.807) is 0 Å². The minimum absolute atomic E-state index is 0.00721. The Morgan fingerprint density at radius 1 is 1.05 bits per heavy atom. The summed E-state index contributed by atoms with van der Waals surface area (Å²) in [6.45, 7) is 6.62. The Hall–Kier alpha value is -1.84. The van der Waals surface area contributed by atoms with Crippen LogP contribution in [-0.2, 0) is 16.0 Å². The minimum atomic E-state index is -0.0253. The zero-order chi connectivity index (χ0) is 14.3. The molecule has 4 nitrogen and oxygen atoms in total. The average molecular weight is 262 g/mol. The lowest BCUT2D eigenvalue weighted by Gasteiger charge is -2.09. The molecule has 0 unspecified atom stereocenters. The van der Waals surface area contributed by atoms with Gasteiger partial charge in [-0.2, -0.15) is 0 Å². The standard InChI is InChI=1S/C15H22N2O2/c1-11(2)15(19)17-9-8-16-14(18)10-13-6-4-12(3)5-7-13/h4-7,11H,8-10H2,1-3H3,(H,16,18)(H,17,19). The fourth-order valence-electron chi connectivity index (χ4n) is 1.55. The van der Waals surface area contributed by atoms with E-state index < -0.39 is 0 Å². The van der Waals surface area contributed by atoms with E-state index in [-0.39, 0.29) is 17.7 Å². The van der Waals surface area contributed by atoms with Crippen LogP contribution in [0.3, 0.4) is 0 Å². The summed E-state index contributed by atoms with van der Waals surface area (Å²) in [5.74, 6) is -0.0429. The number of rotatable bonds is 6. The molecule has 0 heterocycles. The average Bonchev–Trinajstić information content (AvgIpc) is 2.37. The molecule has 0 atom stereocenters. The fourth-order valence-corrected chi connectivity index (χ4v) is 1.55. The Morgan fingerprint density at radius 2 is 1.63 bits per heavy atom. The Morgan fingerprint density at radius 3 is 2.21 bits per heavy atom. The van der Waals surface area contributed by atoms with Gasteiger partial charge in [0.05, 0.1) is 6.42 Å². The second-order valence-electron chi connectivity index (χ2n) is 4.96.